The number of ether oxygens (including phenoxy) is 1. The number of rotatable bonds is 10. The average Bonchev–Trinajstić information content (AvgIpc) is 3.47. The summed E-state index contributed by atoms with van der Waals surface area (Å²) in [7, 11) is 6.05. The lowest BCUT2D eigenvalue weighted by Gasteiger charge is -2.27. The third-order valence-electron chi connectivity index (χ3n) is 6.81. The molecule has 8 nitrogen and oxygen atoms in total. The number of alkyl halides is 3. The summed E-state index contributed by atoms with van der Waals surface area (Å²) in [5.41, 5.74) is 0.314. The van der Waals surface area contributed by atoms with Gasteiger partial charge in [-0.25, -0.2) is 4.68 Å². The highest BCUT2D eigenvalue weighted by Crippen LogP contribution is 2.37. The van der Waals surface area contributed by atoms with Crippen LogP contribution in [0.5, 0.6) is 5.75 Å². The Kier molecular flexibility index (Phi) is 8.28. The second-order valence-electron chi connectivity index (χ2n) is 9.80. The summed E-state index contributed by atoms with van der Waals surface area (Å²) in [5, 5.41) is 17.4. The number of hydrogen-bond donors (Lipinski definition) is 0. The van der Waals surface area contributed by atoms with E-state index in [0.29, 0.717) is 11.9 Å². The first kappa shape index (κ1) is 26.1. The zero-order valence-corrected chi connectivity index (χ0v) is 21.1. The first-order valence-corrected chi connectivity index (χ1v) is 12.4. The van der Waals surface area contributed by atoms with Crippen molar-refractivity contribution in [3.8, 4) is 5.75 Å². The molecule has 0 atom stereocenters. The Morgan fingerprint density at radius 3 is 2.56 bits per heavy atom. The molecule has 1 aliphatic carbocycles. The molecule has 36 heavy (non-hydrogen) atoms. The Hall–Kier alpha value is -2.95. The molecule has 0 bridgehead atoms. The summed E-state index contributed by atoms with van der Waals surface area (Å²) in [5.74, 6) is 1.89. The largest absolute Gasteiger partial charge is 0.486 e. The fourth-order valence-corrected chi connectivity index (χ4v) is 4.71. The van der Waals surface area contributed by atoms with Crippen LogP contribution in [0.15, 0.2) is 30.5 Å². The summed E-state index contributed by atoms with van der Waals surface area (Å²) in [4.78, 5) is 2.19. The molecule has 11 heteroatoms. The molecule has 1 aromatic carbocycles. The van der Waals surface area contributed by atoms with Crippen LogP contribution in [-0.4, -0.2) is 55.3 Å². The van der Waals surface area contributed by atoms with E-state index in [9.17, 15) is 13.2 Å². The summed E-state index contributed by atoms with van der Waals surface area (Å²) in [6.45, 7) is 1.13. The number of hydrogen-bond acceptors (Lipinski definition) is 6. The van der Waals surface area contributed by atoms with E-state index in [0.717, 1.165) is 75.1 Å². The van der Waals surface area contributed by atoms with Gasteiger partial charge in [0, 0.05) is 19.2 Å². The topological polar surface area (TPSA) is 73.9 Å². The minimum atomic E-state index is -4.41. The molecular formula is C25H34F3N7O. The molecule has 0 amide bonds. The van der Waals surface area contributed by atoms with Gasteiger partial charge >= 0.3 is 6.18 Å². The smallest absolute Gasteiger partial charge is 0.416 e. The zero-order valence-electron chi connectivity index (χ0n) is 21.1. The van der Waals surface area contributed by atoms with Crippen LogP contribution in [-0.2, 0) is 26.3 Å². The number of benzene rings is 1. The number of nitrogens with zero attached hydrogens (tertiary/aromatic N) is 7. The molecule has 1 saturated carbocycles. The lowest BCUT2D eigenvalue weighted by molar-refractivity contribution is -0.137. The fourth-order valence-electron chi connectivity index (χ4n) is 4.71. The average molecular weight is 506 g/mol. The van der Waals surface area contributed by atoms with Crippen molar-refractivity contribution in [3.63, 3.8) is 0 Å². The molecule has 4 rings (SSSR count). The van der Waals surface area contributed by atoms with Gasteiger partial charge in [0.1, 0.15) is 18.2 Å². The molecule has 1 fully saturated rings. The van der Waals surface area contributed by atoms with Crippen LogP contribution in [0.25, 0.3) is 0 Å². The van der Waals surface area contributed by atoms with Crippen molar-refractivity contribution < 1.29 is 17.9 Å². The van der Waals surface area contributed by atoms with Crippen molar-refractivity contribution in [3.05, 3.63) is 53.4 Å². The Bertz CT molecular complexity index is 1120. The Morgan fingerprint density at radius 2 is 1.83 bits per heavy atom. The van der Waals surface area contributed by atoms with E-state index in [-0.39, 0.29) is 18.3 Å². The highest BCUT2D eigenvalue weighted by Gasteiger charge is 2.31. The van der Waals surface area contributed by atoms with E-state index in [2.05, 4.69) is 45.7 Å². The van der Waals surface area contributed by atoms with Gasteiger partial charge in [-0.15, -0.1) is 15.3 Å². The van der Waals surface area contributed by atoms with E-state index in [4.69, 9.17) is 4.74 Å². The summed E-state index contributed by atoms with van der Waals surface area (Å²) >= 11 is 0. The van der Waals surface area contributed by atoms with E-state index >= 15 is 0 Å². The maximum atomic E-state index is 12.9. The molecule has 2 aromatic heterocycles. The third kappa shape index (κ3) is 6.63. The van der Waals surface area contributed by atoms with Crippen molar-refractivity contribution >= 4 is 0 Å². The van der Waals surface area contributed by atoms with Crippen LogP contribution >= 0.6 is 0 Å². The van der Waals surface area contributed by atoms with Crippen LogP contribution in [0.2, 0.25) is 0 Å². The lowest BCUT2D eigenvalue weighted by atomic mass is 9.85. The van der Waals surface area contributed by atoms with Gasteiger partial charge in [0.15, 0.2) is 5.82 Å². The van der Waals surface area contributed by atoms with Crippen molar-refractivity contribution in [2.75, 3.05) is 20.6 Å². The van der Waals surface area contributed by atoms with Gasteiger partial charge in [-0.3, -0.25) is 0 Å². The summed E-state index contributed by atoms with van der Waals surface area (Å²) < 4.78 is 48.3. The normalized spacial score (nSPS) is 18.6. The van der Waals surface area contributed by atoms with Gasteiger partial charge in [-0.1, -0.05) is 11.3 Å². The van der Waals surface area contributed by atoms with Crippen LogP contribution in [0.1, 0.15) is 73.4 Å². The van der Waals surface area contributed by atoms with Crippen LogP contribution < -0.4 is 4.74 Å². The molecule has 1 aliphatic rings. The van der Waals surface area contributed by atoms with E-state index in [1.165, 1.54) is 12.1 Å². The fraction of sp³-hybridized carbons (Fsp3) is 0.600. The van der Waals surface area contributed by atoms with Gasteiger partial charge in [-0.2, -0.15) is 13.2 Å². The summed E-state index contributed by atoms with van der Waals surface area (Å²) in [6.07, 6.45) is 4.78. The van der Waals surface area contributed by atoms with Crippen LogP contribution in [0.3, 0.4) is 0 Å². The molecule has 0 N–H and O–H groups in total. The van der Waals surface area contributed by atoms with Crippen LogP contribution in [0, 0.1) is 0 Å². The number of unbranched alkanes of at least 4 members (excludes halogenated alkanes) is 1. The first-order valence-electron chi connectivity index (χ1n) is 12.4. The molecule has 0 unspecified atom stereocenters. The zero-order chi connectivity index (χ0) is 25.7. The van der Waals surface area contributed by atoms with E-state index < -0.39 is 11.7 Å². The van der Waals surface area contributed by atoms with Crippen molar-refractivity contribution in [1.29, 1.82) is 0 Å². The molecule has 0 spiro atoms. The maximum absolute atomic E-state index is 12.9. The lowest BCUT2D eigenvalue weighted by Crippen LogP contribution is -2.20. The van der Waals surface area contributed by atoms with Gasteiger partial charge in [0.2, 0.25) is 0 Å². The van der Waals surface area contributed by atoms with Gasteiger partial charge < -0.3 is 14.2 Å². The Labute approximate surface area is 209 Å². The van der Waals surface area contributed by atoms with Crippen LogP contribution in [0.4, 0.5) is 13.2 Å². The van der Waals surface area contributed by atoms with Gasteiger partial charge in [-0.05, 0) is 83.8 Å². The second kappa shape index (κ2) is 11.4. The standard InChI is InChI=1S/C25H34F3N7O/c1-33(2)14-5-4-8-20-16-35(32-29-20)21-12-10-18(11-13-21)24-31-30-23(34(24)3)17-36-22-9-6-7-19(15-22)25(26,27)28/h6-7,9,15-16,18,21H,4-5,8,10-14,17H2,1-3H3. The SMILES string of the molecule is CN(C)CCCCc1cn(C2CCC(c3nnc(COc4cccc(C(F)(F)F)c4)n3C)CC2)nn1. The quantitative estimate of drug-likeness (QED) is 0.369. The third-order valence-corrected chi connectivity index (χ3v) is 6.81. The first-order chi connectivity index (χ1) is 17.2. The van der Waals surface area contributed by atoms with E-state index in [1.54, 1.807) is 0 Å². The van der Waals surface area contributed by atoms with Crippen molar-refractivity contribution in [2.45, 2.75) is 69.7 Å². The van der Waals surface area contributed by atoms with Crippen molar-refractivity contribution in [1.82, 2.24) is 34.7 Å². The molecule has 3 aromatic rings. The molecule has 196 valence electrons. The van der Waals surface area contributed by atoms with Crippen molar-refractivity contribution in [2.24, 2.45) is 7.05 Å². The summed E-state index contributed by atoms with van der Waals surface area (Å²) in [6, 6.07) is 5.20. The predicted octanol–water partition coefficient (Wildman–Crippen LogP) is 4.79. The van der Waals surface area contributed by atoms with Gasteiger partial charge in [0.05, 0.1) is 17.3 Å². The minimum absolute atomic E-state index is 0.0520. The monoisotopic (exact) mass is 505 g/mol. The number of aromatic nitrogens is 6. The highest BCUT2D eigenvalue weighted by molar-refractivity contribution is 5.30. The molecule has 0 radical (unpaired) electrons. The Morgan fingerprint density at radius 1 is 1.06 bits per heavy atom. The molecule has 0 aliphatic heterocycles. The molecule has 0 saturated heterocycles. The molecular weight excluding hydrogens is 471 g/mol. The number of aryl methyl sites for hydroxylation is 1. The number of halogens is 3. The maximum Gasteiger partial charge on any atom is 0.416 e. The minimum Gasteiger partial charge on any atom is -0.486 e. The van der Waals surface area contributed by atoms with E-state index in [1.807, 2.05) is 16.3 Å². The predicted molar refractivity (Wildman–Crippen MR) is 129 cm³/mol. The van der Waals surface area contributed by atoms with Gasteiger partial charge in [0.25, 0.3) is 0 Å². The molecule has 2 heterocycles. The highest BCUT2D eigenvalue weighted by atomic mass is 19.4. The second-order valence-corrected chi connectivity index (χ2v) is 9.80. The Balaban J connectivity index is 1.28.